The van der Waals surface area contributed by atoms with Crippen molar-refractivity contribution in [2.45, 2.75) is 31.2 Å². The van der Waals surface area contributed by atoms with Crippen molar-refractivity contribution in [2.24, 2.45) is 10.7 Å². The minimum Gasteiger partial charge on any atom is -0.464 e. The first-order valence-electron chi connectivity index (χ1n) is 8.29. The quantitative estimate of drug-likeness (QED) is 0.615. The summed E-state index contributed by atoms with van der Waals surface area (Å²) in [4.78, 5) is 15.9. The number of aliphatic imine (C=N–C) groups is 1. The number of hydrogen-bond donors (Lipinski definition) is 2. The number of nitrogen functional groups attached to an aromatic ring is 1. The average Bonchev–Trinajstić information content (AvgIpc) is 2.62. The molecule has 2 aromatic carbocycles. The molecule has 4 N–H and O–H groups in total. The van der Waals surface area contributed by atoms with Gasteiger partial charge < -0.3 is 16.2 Å². The van der Waals surface area contributed by atoms with Crippen LogP contribution < -0.4 is 11.5 Å². The van der Waals surface area contributed by atoms with Gasteiger partial charge in [0.25, 0.3) is 0 Å². The number of ether oxygens (including phenoxy) is 1. The topological polar surface area (TPSA) is 90.7 Å². The number of anilines is 1. The number of carbonyl (C=O) groups excluding carboxylic acids is 1. The van der Waals surface area contributed by atoms with Crippen molar-refractivity contribution in [3.8, 4) is 0 Å². The van der Waals surface area contributed by atoms with Crippen LogP contribution >= 0.6 is 0 Å². The van der Waals surface area contributed by atoms with Gasteiger partial charge in [-0.3, -0.25) is 4.79 Å². The summed E-state index contributed by atoms with van der Waals surface area (Å²) >= 11 is 0. The molecule has 0 radical (unpaired) electrons. The fraction of sp³-hybridized carbons (Fsp3) is 0.263. The van der Waals surface area contributed by atoms with Crippen molar-refractivity contribution in [1.82, 2.24) is 0 Å². The number of hydrogen-bond acceptors (Lipinski definition) is 4. The number of nitrogens with zero attached hydrogens (tertiary/aromatic N) is 1. The molecule has 0 fully saturated rings. The molecule has 0 unspecified atom stereocenters. The molecule has 0 aliphatic carbocycles. The Morgan fingerprint density at radius 2 is 1.93 bits per heavy atom. The fourth-order valence-electron chi connectivity index (χ4n) is 3.15. The zero-order chi connectivity index (χ0) is 20.7. The van der Waals surface area contributed by atoms with Gasteiger partial charge >= 0.3 is 6.18 Å². The van der Waals surface area contributed by atoms with Crippen LogP contribution in [-0.4, -0.2) is 24.1 Å². The largest absolute Gasteiger partial charge is 0.464 e. The number of rotatable bonds is 3. The first-order valence-corrected chi connectivity index (χ1v) is 8.29. The van der Waals surface area contributed by atoms with E-state index in [2.05, 4.69) is 4.99 Å². The van der Waals surface area contributed by atoms with E-state index in [1.54, 1.807) is 0 Å². The monoisotopic (exact) mass is 395 g/mol. The molecule has 1 amide bonds. The first-order chi connectivity index (χ1) is 13.0. The van der Waals surface area contributed by atoms with Gasteiger partial charge in [0.15, 0.2) is 6.10 Å². The maximum atomic E-state index is 14.4. The lowest BCUT2D eigenvalue weighted by molar-refractivity contribution is -0.207. The van der Waals surface area contributed by atoms with E-state index in [4.69, 9.17) is 16.2 Å². The molecule has 0 spiro atoms. The van der Waals surface area contributed by atoms with E-state index in [0.29, 0.717) is 0 Å². The van der Waals surface area contributed by atoms with Gasteiger partial charge in [0.1, 0.15) is 5.82 Å². The van der Waals surface area contributed by atoms with Gasteiger partial charge in [-0.15, -0.1) is 0 Å². The summed E-state index contributed by atoms with van der Waals surface area (Å²) in [7, 11) is 0. The third kappa shape index (κ3) is 3.64. The van der Waals surface area contributed by atoms with Gasteiger partial charge in [-0.1, -0.05) is 12.1 Å². The van der Waals surface area contributed by atoms with Crippen LogP contribution in [0.4, 0.5) is 23.2 Å². The summed E-state index contributed by atoms with van der Waals surface area (Å²) in [5, 5.41) is 0. The molecule has 0 bridgehead atoms. The number of carbonyl (C=O) groups is 1. The second-order valence-electron chi connectivity index (χ2n) is 6.69. The molecule has 2 aromatic rings. The smallest absolute Gasteiger partial charge is 0.425 e. The van der Waals surface area contributed by atoms with Crippen LogP contribution in [0.2, 0.25) is 0 Å². The van der Waals surface area contributed by atoms with Gasteiger partial charge in [0.2, 0.25) is 11.8 Å². The second-order valence-corrected chi connectivity index (χ2v) is 6.69. The summed E-state index contributed by atoms with van der Waals surface area (Å²) in [5.41, 5.74) is 9.41. The predicted molar refractivity (Wildman–Crippen MR) is 95.2 cm³/mol. The lowest BCUT2D eigenvalue weighted by Gasteiger charge is -2.37. The van der Waals surface area contributed by atoms with Gasteiger partial charge in [-0.2, -0.15) is 13.2 Å². The molecule has 3 rings (SSSR count). The van der Waals surface area contributed by atoms with Crippen molar-refractivity contribution in [3.63, 3.8) is 0 Å². The normalized spacial score (nSPS) is 22.3. The molecule has 1 aliphatic rings. The van der Waals surface area contributed by atoms with Crippen LogP contribution in [0.3, 0.4) is 0 Å². The Hall–Kier alpha value is -3.10. The maximum Gasteiger partial charge on any atom is 0.425 e. The molecular weight excluding hydrogens is 378 g/mol. The summed E-state index contributed by atoms with van der Waals surface area (Å²) in [6.45, 7) is 1.36. The number of alkyl halides is 3. The lowest BCUT2D eigenvalue weighted by Crippen LogP contribution is -2.44. The van der Waals surface area contributed by atoms with Crippen molar-refractivity contribution in [1.29, 1.82) is 0 Å². The standard InChI is InChI=1S/C19H17F4N3O2/c1-18(13-8-10(24)6-7-14(13)20)9-15(19(21,22)23)28-17(26-18)12-5-3-2-4-11(12)16(25)27/h2-8,15H,9,24H2,1H3,(H2,25,27)/t15-,18-/m0/s1. The van der Waals surface area contributed by atoms with Gasteiger partial charge in [-0.05, 0) is 37.3 Å². The fourth-order valence-corrected chi connectivity index (χ4v) is 3.15. The Morgan fingerprint density at radius 1 is 1.25 bits per heavy atom. The van der Waals surface area contributed by atoms with E-state index < -0.39 is 41.9 Å². The van der Waals surface area contributed by atoms with Crippen LogP contribution in [0.15, 0.2) is 47.5 Å². The van der Waals surface area contributed by atoms with Crippen molar-refractivity contribution < 1.29 is 27.1 Å². The third-order valence-corrected chi connectivity index (χ3v) is 4.54. The Morgan fingerprint density at radius 3 is 2.57 bits per heavy atom. The molecule has 1 heterocycles. The van der Waals surface area contributed by atoms with E-state index in [1.165, 1.54) is 43.3 Å². The van der Waals surface area contributed by atoms with Crippen molar-refractivity contribution >= 4 is 17.5 Å². The van der Waals surface area contributed by atoms with E-state index in [0.717, 1.165) is 6.07 Å². The molecule has 28 heavy (non-hydrogen) atoms. The number of amides is 1. The molecule has 2 atom stereocenters. The molecule has 0 saturated carbocycles. The average molecular weight is 395 g/mol. The van der Waals surface area contributed by atoms with E-state index in [1.807, 2.05) is 0 Å². The predicted octanol–water partition coefficient (Wildman–Crippen LogP) is 3.52. The highest BCUT2D eigenvalue weighted by atomic mass is 19.4. The highest BCUT2D eigenvalue weighted by Crippen LogP contribution is 2.42. The van der Waals surface area contributed by atoms with Crippen LogP contribution in [0.25, 0.3) is 0 Å². The molecule has 148 valence electrons. The van der Waals surface area contributed by atoms with Crippen LogP contribution in [0, 0.1) is 5.82 Å². The molecule has 5 nitrogen and oxygen atoms in total. The molecule has 1 aliphatic heterocycles. The van der Waals surface area contributed by atoms with Crippen LogP contribution in [-0.2, 0) is 10.3 Å². The molecule has 9 heteroatoms. The zero-order valence-corrected chi connectivity index (χ0v) is 14.8. The first kappa shape index (κ1) is 19.7. The van der Waals surface area contributed by atoms with E-state index in [-0.39, 0.29) is 22.4 Å². The van der Waals surface area contributed by atoms with Crippen LogP contribution in [0.5, 0.6) is 0 Å². The molecular formula is C19H17F4N3O2. The van der Waals surface area contributed by atoms with Crippen LogP contribution in [0.1, 0.15) is 34.8 Å². The summed E-state index contributed by atoms with van der Waals surface area (Å²) in [6, 6.07) is 9.34. The van der Waals surface area contributed by atoms with Crippen molar-refractivity contribution in [2.75, 3.05) is 5.73 Å². The summed E-state index contributed by atoms with van der Waals surface area (Å²) in [5.74, 6) is -2.04. The Kier molecular flexibility index (Phi) is 4.78. The lowest BCUT2D eigenvalue weighted by atomic mass is 9.84. The highest BCUT2D eigenvalue weighted by molar-refractivity contribution is 6.07. The van der Waals surface area contributed by atoms with Gasteiger partial charge in [0, 0.05) is 23.2 Å². The van der Waals surface area contributed by atoms with Crippen molar-refractivity contribution in [3.05, 3.63) is 65.0 Å². The number of nitrogens with two attached hydrogens (primary N) is 2. The number of primary amides is 1. The Bertz CT molecular complexity index is 958. The Balaban J connectivity index is 2.21. The minimum absolute atomic E-state index is 0.000476. The number of benzene rings is 2. The molecule has 0 saturated heterocycles. The maximum absolute atomic E-state index is 14.4. The highest BCUT2D eigenvalue weighted by Gasteiger charge is 2.50. The van der Waals surface area contributed by atoms with Gasteiger partial charge in [0.05, 0.1) is 11.1 Å². The summed E-state index contributed by atoms with van der Waals surface area (Å²) < 4.78 is 60.1. The molecule has 0 aromatic heterocycles. The summed E-state index contributed by atoms with van der Waals surface area (Å²) in [6.07, 6.45) is -7.65. The number of halogens is 4. The third-order valence-electron chi connectivity index (χ3n) is 4.54. The zero-order valence-electron chi connectivity index (χ0n) is 14.8. The van der Waals surface area contributed by atoms with Gasteiger partial charge in [-0.25, -0.2) is 9.38 Å². The SMILES string of the molecule is C[C@@]1(c2cc(N)ccc2F)C[C@@H](C(F)(F)F)OC(c2ccccc2C(N)=O)=N1. The van der Waals surface area contributed by atoms with E-state index in [9.17, 15) is 22.4 Å². The second kappa shape index (κ2) is 6.81. The minimum atomic E-state index is -4.74. The van der Waals surface area contributed by atoms with E-state index >= 15 is 0 Å². The Labute approximate surface area is 158 Å².